The van der Waals surface area contributed by atoms with Gasteiger partial charge in [0.15, 0.2) is 5.82 Å². The summed E-state index contributed by atoms with van der Waals surface area (Å²) in [6, 6.07) is 26.5. The Morgan fingerprint density at radius 3 is 2.38 bits per heavy atom. The quantitative estimate of drug-likeness (QED) is 0.506. The minimum atomic E-state index is -0.0620. The molecule has 3 aromatic carbocycles. The lowest BCUT2D eigenvalue weighted by atomic mass is 10.1. The number of carbonyl (C=O) groups is 1. The molecular formula is C26H25N5O. The second-order valence-electron chi connectivity index (χ2n) is 8.11. The summed E-state index contributed by atoms with van der Waals surface area (Å²) in [7, 11) is 0. The highest BCUT2D eigenvalue weighted by Crippen LogP contribution is 2.24. The van der Waals surface area contributed by atoms with Gasteiger partial charge in [-0.3, -0.25) is 0 Å². The van der Waals surface area contributed by atoms with Gasteiger partial charge in [0.25, 0.3) is 0 Å². The topological polar surface area (TPSA) is 61.4 Å². The van der Waals surface area contributed by atoms with Gasteiger partial charge < -0.3 is 15.1 Å². The predicted molar refractivity (Wildman–Crippen MR) is 129 cm³/mol. The smallest absolute Gasteiger partial charge is 0.321 e. The van der Waals surface area contributed by atoms with Crippen LogP contribution >= 0.6 is 0 Å². The second kappa shape index (κ2) is 8.67. The van der Waals surface area contributed by atoms with Gasteiger partial charge in [-0.25, -0.2) is 4.79 Å². The van der Waals surface area contributed by atoms with Crippen LogP contribution in [0.25, 0.3) is 22.0 Å². The third-order valence-corrected chi connectivity index (χ3v) is 5.86. The van der Waals surface area contributed by atoms with Crippen molar-refractivity contribution in [3.05, 3.63) is 84.4 Å². The summed E-state index contributed by atoms with van der Waals surface area (Å²) < 4.78 is 0. The van der Waals surface area contributed by atoms with Gasteiger partial charge in [-0.2, -0.15) is 0 Å². The average molecular weight is 424 g/mol. The molecular weight excluding hydrogens is 398 g/mol. The van der Waals surface area contributed by atoms with Crippen LogP contribution in [0.4, 0.5) is 16.3 Å². The fraction of sp³-hybridized carbons (Fsp3) is 0.192. The lowest BCUT2D eigenvalue weighted by Crippen LogP contribution is -2.50. The molecule has 2 heterocycles. The molecule has 0 spiro atoms. The fourth-order valence-electron chi connectivity index (χ4n) is 4.06. The standard InChI is InChI=1S/C26H25N5O/c1-19-5-4-8-23(17-19)27-26(32)31-15-13-30(14-16-31)25-12-11-24(28-29-25)22-10-9-20-6-2-3-7-21(20)18-22/h2-12,17-18H,13-16H2,1H3,(H,27,32). The Morgan fingerprint density at radius 1 is 0.812 bits per heavy atom. The number of fused-ring (bicyclic) bond motifs is 1. The van der Waals surface area contributed by atoms with E-state index in [1.165, 1.54) is 10.8 Å². The maximum absolute atomic E-state index is 12.6. The third kappa shape index (κ3) is 4.25. The molecule has 4 aromatic rings. The normalized spacial score (nSPS) is 13.9. The van der Waals surface area contributed by atoms with Crippen LogP contribution < -0.4 is 10.2 Å². The number of hydrogen-bond acceptors (Lipinski definition) is 4. The van der Waals surface area contributed by atoms with Crippen molar-refractivity contribution in [3.8, 4) is 11.3 Å². The summed E-state index contributed by atoms with van der Waals surface area (Å²) in [6.07, 6.45) is 0. The Kier molecular flexibility index (Phi) is 5.42. The zero-order chi connectivity index (χ0) is 21.9. The van der Waals surface area contributed by atoms with E-state index in [4.69, 9.17) is 0 Å². The molecule has 0 saturated carbocycles. The van der Waals surface area contributed by atoms with Crippen LogP contribution in [0.1, 0.15) is 5.56 Å². The van der Waals surface area contributed by atoms with E-state index in [1.54, 1.807) is 0 Å². The lowest BCUT2D eigenvalue weighted by Gasteiger charge is -2.35. The zero-order valence-corrected chi connectivity index (χ0v) is 18.0. The third-order valence-electron chi connectivity index (χ3n) is 5.86. The molecule has 0 unspecified atom stereocenters. The number of nitrogens with one attached hydrogen (secondary N) is 1. The molecule has 1 aliphatic rings. The van der Waals surface area contributed by atoms with Gasteiger partial charge in [0, 0.05) is 37.4 Å². The Balaban J connectivity index is 1.21. The van der Waals surface area contributed by atoms with Crippen molar-refractivity contribution >= 4 is 28.3 Å². The largest absolute Gasteiger partial charge is 0.352 e. The Bertz CT molecular complexity index is 1250. The van der Waals surface area contributed by atoms with Crippen molar-refractivity contribution in [1.82, 2.24) is 15.1 Å². The molecule has 1 aliphatic heterocycles. The number of anilines is 2. The first-order valence-electron chi connectivity index (χ1n) is 10.9. The monoisotopic (exact) mass is 423 g/mol. The molecule has 0 atom stereocenters. The van der Waals surface area contributed by atoms with E-state index in [9.17, 15) is 4.79 Å². The van der Waals surface area contributed by atoms with Gasteiger partial charge in [0.1, 0.15) is 0 Å². The van der Waals surface area contributed by atoms with Gasteiger partial charge in [-0.05, 0) is 53.6 Å². The van der Waals surface area contributed by atoms with Crippen molar-refractivity contribution in [2.24, 2.45) is 0 Å². The molecule has 0 bridgehead atoms. The van der Waals surface area contributed by atoms with Crippen LogP contribution in [0, 0.1) is 6.92 Å². The van der Waals surface area contributed by atoms with E-state index in [-0.39, 0.29) is 6.03 Å². The van der Waals surface area contributed by atoms with Crippen LogP contribution in [0.5, 0.6) is 0 Å². The highest BCUT2D eigenvalue weighted by Gasteiger charge is 2.22. The maximum atomic E-state index is 12.6. The highest BCUT2D eigenvalue weighted by molar-refractivity contribution is 5.89. The van der Waals surface area contributed by atoms with Gasteiger partial charge >= 0.3 is 6.03 Å². The number of rotatable bonds is 3. The maximum Gasteiger partial charge on any atom is 0.321 e. The van der Waals surface area contributed by atoms with Crippen molar-refractivity contribution in [1.29, 1.82) is 0 Å². The molecule has 1 aromatic heterocycles. The Hall–Kier alpha value is -3.93. The van der Waals surface area contributed by atoms with Gasteiger partial charge in [0.05, 0.1) is 5.69 Å². The first-order valence-corrected chi connectivity index (χ1v) is 10.9. The van der Waals surface area contributed by atoms with Gasteiger partial charge in [-0.1, -0.05) is 48.5 Å². The fourth-order valence-corrected chi connectivity index (χ4v) is 4.06. The number of hydrogen-bond donors (Lipinski definition) is 1. The van der Waals surface area contributed by atoms with Crippen LogP contribution in [-0.4, -0.2) is 47.3 Å². The summed E-state index contributed by atoms with van der Waals surface area (Å²) in [4.78, 5) is 16.6. The van der Waals surface area contributed by atoms with E-state index >= 15 is 0 Å². The molecule has 32 heavy (non-hydrogen) atoms. The molecule has 2 amide bonds. The van der Waals surface area contributed by atoms with E-state index in [0.717, 1.165) is 41.4 Å². The number of nitrogens with zero attached hydrogens (tertiary/aromatic N) is 4. The summed E-state index contributed by atoms with van der Waals surface area (Å²) >= 11 is 0. The first-order chi connectivity index (χ1) is 15.7. The van der Waals surface area contributed by atoms with Crippen LogP contribution in [0.2, 0.25) is 0 Å². The molecule has 160 valence electrons. The van der Waals surface area contributed by atoms with Crippen LogP contribution in [0.3, 0.4) is 0 Å². The van der Waals surface area contributed by atoms with E-state index in [1.807, 2.05) is 60.4 Å². The molecule has 6 nitrogen and oxygen atoms in total. The molecule has 0 aliphatic carbocycles. The minimum absolute atomic E-state index is 0.0620. The first kappa shape index (κ1) is 20.0. The molecule has 6 heteroatoms. The number of amides is 2. The molecule has 1 saturated heterocycles. The van der Waals surface area contributed by atoms with Gasteiger partial charge in [0.2, 0.25) is 0 Å². The summed E-state index contributed by atoms with van der Waals surface area (Å²) in [6.45, 7) is 4.76. The minimum Gasteiger partial charge on any atom is -0.352 e. The highest BCUT2D eigenvalue weighted by atomic mass is 16.2. The number of aromatic nitrogens is 2. The van der Waals surface area contributed by atoms with E-state index in [2.05, 4.69) is 50.7 Å². The van der Waals surface area contributed by atoms with E-state index < -0.39 is 0 Å². The molecule has 1 N–H and O–H groups in total. The summed E-state index contributed by atoms with van der Waals surface area (Å²) in [5.74, 6) is 0.841. The number of aryl methyl sites for hydroxylation is 1. The predicted octanol–water partition coefficient (Wildman–Crippen LogP) is 4.96. The molecule has 5 rings (SSSR count). The number of carbonyl (C=O) groups excluding carboxylic acids is 1. The Labute approximate surface area is 187 Å². The van der Waals surface area contributed by atoms with Crippen molar-refractivity contribution in [2.45, 2.75) is 6.92 Å². The lowest BCUT2D eigenvalue weighted by molar-refractivity contribution is 0.208. The van der Waals surface area contributed by atoms with Crippen molar-refractivity contribution in [3.63, 3.8) is 0 Å². The van der Waals surface area contributed by atoms with Crippen LogP contribution in [-0.2, 0) is 0 Å². The number of urea groups is 1. The molecule has 0 radical (unpaired) electrons. The second-order valence-corrected chi connectivity index (χ2v) is 8.11. The SMILES string of the molecule is Cc1cccc(NC(=O)N2CCN(c3ccc(-c4ccc5ccccc5c4)nn3)CC2)c1. The van der Waals surface area contributed by atoms with Crippen molar-refractivity contribution in [2.75, 3.05) is 36.4 Å². The van der Waals surface area contributed by atoms with Crippen LogP contribution in [0.15, 0.2) is 78.9 Å². The zero-order valence-electron chi connectivity index (χ0n) is 18.0. The average Bonchev–Trinajstić information content (AvgIpc) is 2.84. The Morgan fingerprint density at radius 2 is 1.62 bits per heavy atom. The molecule has 1 fully saturated rings. The number of benzene rings is 3. The van der Waals surface area contributed by atoms with E-state index in [0.29, 0.717) is 13.1 Å². The number of piperazine rings is 1. The summed E-state index contributed by atoms with van der Waals surface area (Å²) in [5, 5.41) is 14.3. The van der Waals surface area contributed by atoms with Gasteiger partial charge in [-0.15, -0.1) is 10.2 Å². The van der Waals surface area contributed by atoms with Crippen molar-refractivity contribution < 1.29 is 4.79 Å². The summed E-state index contributed by atoms with van der Waals surface area (Å²) in [5.41, 5.74) is 3.86.